The first-order valence-electron chi connectivity index (χ1n) is 4.01. The summed E-state index contributed by atoms with van der Waals surface area (Å²) in [5.41, 5.74) is -1.37. The summed E-state index contributed by atoms with van der Waals surface area (Å²) in [4.78, 5) is 10.1. The van der Waals surface area contributed by atoms with Gasteiger partial charge >= 0.3 is 11.9 Å². The molecule has 0 spiro atoms. The highest BCUT2D eigenvalue weighted by Gasteiger charge is 2.49. The SMILES string of the molecule is O=C(O)C(F)(F)C(O)c1c(F)cccc1F. The minimum Gasteiger partial charge on any atom is -0.477 e. The largest absolute Gasteiger partial charge is 0.477 e. The molecule has 0 saturated carbocycles. The number of hydrogen-bond donors (Lipinski definition) is 2. The molecule has 1 aromatic rings. The quantitative estimate of drug-likeness (QED) is 0.788. The number of aliphatic hydroxyl groups is 1. The molecule has 0 aromatic heterocycles. The van der Waals surface area contributed by atoms with Crippen molar-refractivity contribution in [1.29, 1.82) is 0 Å². The van der Waals surface area contributed by atoms with Crippen LogP contribution in [0.4, 0.5) is 17.6 Å². The fraction of sp³-hybridized carbons (Fsp3) is 0.222. The van der Waals surface area contributed by atoms with Gasteiger partial charge in [0.15, 0.2) is 6.10 Å². The average Bonchev–Trinajstić information content (AvgIpc) is 2.16. The summed E-state index contributed by atoms with van der Waals surface area (Å²) in [7, 11) is 0. The predicted molar refractivity (Wildman–Crippen MR) is 43.9 cm³/mol. The van der Waals surface area contributed by atoms with Gasteiger partial charge in [-0.15, -0.1) is 0 Å². The van der Waals surface area contributed by atoms with Crippen molar-refractivity contribution in [2.24, 2.45) is 0 Å². The highest BCUT2D eigenvalue weighted by Crippen LogP contribution is 2.34. The van der Waals surface area contributed by atoms with Gasteiger partial charge in [0.2, 0.25) is 0 Å². The monoisotopic (exact) mass is 238 g/mol. The van der Waals surface area contributed by atoms with Crippen LogP contribution in [0.1, 0.15) is 11.7 Å². The number of carboxylic acid groups (broad SMARTS) is 1. The first-order valence-corrected chi connectivity index (χ1v) is 4.01. The van der Waals surface area contributed by atoms with Crippen molar-refractivity contribution in [3.63, 3.8) is 0 Å². The van der Waals surface area contributed by atoms with Crippen molar-refractivity contribution >= 4 is 5.97 Å². The number of alkyl halides is 2. The van der Waals surface area contributed by atoms with Gasteiger partial charge in [0.1, 0.15) is 11.6 Å². The topological polar surface area (TPSA) is 57.5 Å². The summed E-state index contributed by atoms with van der Waals surface area (Å²) in [6.45, 7) is 0. The van der Waals surface area contributed by atoms with E-state index in [1.54, 1.807) is 0 Å². The molecule has 88 valence electrons. The molecule has 0 fully saturated rings. The Kier molecular flexibility index (Phi) is 3.18. The van der Waals surface area contributed by atoms with E-state index in [-0.39, 0.29) is 0 Å². The zero-order chi connectivity index (χ0) is 12.5. The van der Waals surface area contributed by atoms with Crippen molar-refractivity contribution < 1.29 is 32.6 Å². The smallest absolute Gasteiger partial charge is 0.377 e. The summed E-state index contributed by atoms with van der Waals surface area (Å²) in [5, 5.41) is 17.1. The first-order chi connectivity index (χ1) is 7.28. The van der Waals surface area contributed by atoms with Crippen molar-refractivity contribution in [1.82, 2.24) is 0 Å². The van der Waals surface area contributed by atoms with E-state index >= 15 is 0 Å². The molecule has 0 radical (unpaired) electrons. The molecular formula is C9H6F4O3. The minimum absolute atomic E-state index is 0.638. The van der Waals surface area contributed by atoms with Gasteiger partial charge in [-0.1, -0.05) is 6.07 Å². The van der Waals surface area contributed by atoms with Crippen molar-refractivity contribution in [2.45, 2.75) is 12.0 Å². The van der Waals surface area contributed by atoms with E-state index < -0.39 is 35.2 Å². The van der Waals surface area contributed by atoms with E-state index in [2.05, 4.69) is 0 Å². The molecule has 1 aromatic carbocycles. The second kappa shape index (κ2) is 4.09. The van der Waals surface area contributed by atoms with E-state index in [0.717, 1.165) is 6.07 Å². The summed E-state index contributed by atoms with van der Waals surface area (Å²) in [5.74, 6) is -10.2. The van der Waals surface area contributed by atoms with Crippen LogP contribution in [-0.2, 0) is 4.79 Å². The molecule has 0 heterocycles. The number of carboxylic acids is 1. The normalized spacial score (nSPS) is 13.6. The molecule has 0 aliphatic carbocycles. The molecule has 1 unspecified atom stereocenters. The van der Waals surface area contributed by atoms with Crippen LogP contribution >= 0.6 is 0 Å². The maximum Gasteiger partial charge on any atom is 0.377 e. The van der Waals surface area contributed by atoms with E-state index in [0.29, 0.717) is 12.1 Å². The van der Waals surface area contributed by atoms with Gasteiger partial charge in [-0.2, -0.15) is 8.78 Å². The maximum atomic E-state index is 13.0. The second-order valence-electron chi connectivity index (χ2n) is 2.97. The Morgan fingerprint density at radius 3 is 2.06 bits per heavy atom. The molecular weight excluding hydrogens is 232 g/mol. The van der Waals surface area contributed by atoms with Crippen LogP contribution in [0.3, 0.4) is 0 Å². The highest BCUT2D eigenvalue weighted by atomic mass is 19.3. The third kappa shape index (κ3) is 1.99. The highest BCUT2D eigenvalue weighted by molar-refractivity contribution is 5.76. The zero-order valence-corrected chi connectivity index (χ0v) is 7.62. The molecule has 3 nitrogen and oxygen atoms in total. The Hall–Kier alpha value is -1.63. The molecule has 1 atom stereocenters. The maximum absolute atomic E-state index is 13.0. The number of carbonyl (C=O) groups is 1. The van der Waals surface area contributed by atoms with Gasteiger partial charge < -0.3 is 10.2 Å². The summed E-state index contributed by atoms with van der Waals surface area (Å²) >= 11 is 0. The fourth-order valence-electron chi connectivity index (χ4n) is 1.07. The van der Waals surface area contributed by atoms with Gasteiger partial charge in [0.25, 0.3) is 0 Å². The van der Waals surface area contributed by atoms with Crippen molar-refractivity contribution in [2.75, 3.05) is 0 Å². The summed E-state index contributed by atoms with van der Waals surface area (Å²) in [6.07, 6.45) is -3.08. The van der Waals surface area contributed by atoms with Crippen LogP contribution in [0.5, 0.6) is 0 Å². The second-order valence-corrected chi connectivity index (χ2v) is 2.97. The Bertz CT molecular complexity index is 399. The molecule has 16 heavy (non-hydrogen) atoms. The Labute approximate surface area is 86.9 Å². The van der Waals surface area contributed by atoms with E-state index in [1.807, 2.05) is 0 Å². The predicted octanol–water partition coefficient (Wildman–Crippen LogP) is 1.72. The minimum atomic E-state index is -4.66. The van der Waals surface area contributed by atoms with Crippen LogP contribution in [0.15, 0.2) is 18.2 Å². The number of rotatable bonds is 3. The standard InChI is InChI=1S/C9H6F4O3/c10-4-2-1-3-5(11)6(4)7(14)9(12,13)8(15)16/h1-3,7,14H,(H,15,16). The van der Waals surface area contributed by atoms with Crippen molar-refractivity contribution in [3.8, 4) is 0 Å². The van der Waals surface area contributed by atoms with E-state index in [9.17, 15) is 22.4 Å². The Morgan fingerprint density at radius 2 is 1.69 bits per heavy atom. The van der Waals surface area contributed by atoms with Gasteiger partial charge in [0.05, 0.1) is 5.56 Å². The molecule has 0 saturated heterocycles. The summed E-state index contributed by atoms with van der Waals surface area (Å²) in [6, 6.07) is 2.18. The zero-order valence-electron chi connectivity index (χ0n) is 7.62. The third-order valence-electron chi connectivity index (χ3n) is 1.90. The van der Waals surface area contributed by atoms with Crippen LogP contribution in [0.2, 0.25) is 0 Å². The van der Waals surface area contributed by atoms with E-state index in [4.69, 9.17) is 10.2 Å². The van der Waals surface area contributed by atoms with Crippen LogP contribution in [-0.4, -0.2) is 22.1 Å². The number of halogens is 4. The lowest BCUT2D eigenvalue weighted by Gasteiger charge is -2.19. The average molecular weight is 238 g/mol. The Balaban J connectivity index is 3.24. The van der Waals surface area contributed by atoms with E-state index in [1.165, 1.54) is 0 Å². The Morgan fingerprint density at radius 1 is 1.25 bits per heavy atom. The lowest BCUT2D eigenvalue weighted by atomic mass is 10.0. The number of aliphatic hydroxyl groups excluding tert-OH is 1. The van der Waals surface area contributed by atoms with Gasteiger partial charge in [0, 0.05) is 0 Å². The number of benzene rings is 1. The van der Waals surface area contributed by atoms with Gasteiger partial charge in [-0.25, -0.2) is 13.6 Å². The summed E-state index contributed by atoms with van der Waals surface area (Å²) < 4.78 is 51.5. The lowest BCUT2D eigenvalue weighted by Crippen LogP contribution is -2.36. The molecule has 0 aliphatic heterocycles. The lowest BCUT2D eigenvalue weighted by molar-refractivity contribution is -0.183. The van der Waals surface area contributed by atoms with Crippen LogP contribution < -0.4 is 0 Å². The van der Waals surface area contributed by atoms with Crippen molar-refractivity contribution in [3.05, 3.63) is 35.4 Å². The molecule has 1 rings (SSSR count). The molecule has 7 heteroatoms. The third-order valence-corrected chi connectivity index (χ3v) is 1.90. The molecule has 0 aliphatic rings. The van der Waals surface area contributed by atoms with Gasteiger partial charge in [-0.05, 0) is 12.1 Å². The van der Waals surface area contributed by atoms with Gasteiger partial charge in [-0.3, -0.25) is 0 Å². The molecule has 0 amide bonds. The first kappa shape index (κ1) is 12.4. The molecule has 2 N–H and O–H groups in total. The molecule has 0 bridgehead atoms. The van der Waals surface area contributed by atoms with Crippen LogP contribution in [0.25, 0.3) is 0 Å². The number of aliphatic carboxylic acids is 1. The number of hydrogen-bond acceptors (Lipinski definition) is 2. The fourth-order valence-corrected chi connectivity index (χ4v) is 1.07. The van der Waals surface area contributed by atoms with Crippen LogP contribution in [0, 0.1) is 11.6 Å².